The Morgan fingerprint density at radius 1 is 1.35 bits per heavy atom. The molecular formula is C19H25BClN3O2. The molecule has 0 N–H and O–H groups in total. The SMILES string of the molecule is Bc1cc(OC)cc2c1N(c1nc(Cl)cn(C(CC)CC)c1=O)CCC2. The van der Waals surface area contributed by atoms with E-state index in [-0.39, 0.29) is 11.6 Å². The van der Waals surface area contributed by atoms with Crippen molar-refractivity contribution in [1.82, 2.24) is 9.55 Å². The third-order valence-electron chi connectivity index (χ3n) is 5.16. The highest BCUT2D eigenvalue weighted by Gasteiger charge is 2.26. The second-order valence-corrected chi connectivity index (χ2v) is 7.16. The summed E-state index contributed by atoms with van der Waals surface area (Å²) in [5, 5.41) is 0.352. The zero-order valence-electron chi connectivity index (χ0n) is 15.9. The maximum atomic E-state index is 13.2. The largest absolute Gasteiger partial charge is 0.497 e. The molecule has 3 rings (SSSR count). The molecule has 0 bridgehead atoms. The van der Waals surface area contributed by atoms with E-state index in [1.807, 2.05) is 18.8 Å². The molecule has 1 aliphatic heterocycles. The van der Waals surface area contributed by atoms with E-state index in [1.165, 1.54) is 5.56 Å². The van der Waals surface area contributed by atoms with Crippen LogP contribution in [0.3, 0.4) is 0 Å². The maximum absolute atomic E-state index is 13.2. The Morgan fingerprint density at radius 2 is 2.08 bits per heavy atom. The lowest BCUT2D eigenvalue weighted by Crippen LogP contribution is -2.37. The van der Waals surface area contributed by atoms with E-state index in [1.54, 1.807) is 17.9 Å². The number of hydrogen-bond acceptors (Lipinski definition) is 4. The van der Waals surface area contributed by atoms with Gasteiger partial charge < -0.3 is 14.2 Å². The fourth-order valence-electron chi connectivity index (χ4n) is 3.86. The average Bonchev–Trinajstić information content (AvgIpc) is 2.64. The second-order valence-electron chi connectivity index (χ2n) is 6.78. The highest BCUT2D eigenvalue weighted by molar-refractivity contribution is 6.36. The number of aromatic nitrogens is 2. The monoisotopic (exact) mass is 373 g/mol. The van der Waals surface area contributed by atoms with Crippen LogP contribution in [-0.2, 0) is 6.42 Å². The predicted molar refractivity (Wildman–Crippen MR) is 110 cm³/mol. The number of benzene rings is 1. The number of nitrogens with zero attached hydrogens (tertiary/aromatic N) is 3. The summed E-state index contributed by atoms with van der Waals surface area (Å²) in [6.45, 7) is 4.92. The quantitative estimate of drug-likeness (QED) is 0.756. The van der Waals surface area contributed by atoms with E-state index in [4.69, 9.17) is 16.3 Å². The summed E-state index contributed by atoms with van der Waals surface area (Å²) < 4.78 is 7.15. The highest BCUT2D eigenvalue weighted by Crippen LogP contribution is 2.32. The number of rotatable bonds is 5. The fourth-order valence-corrected chi connectivity index (χ4v) is 4.04. The van der Waals surface area contributed by atoms with Crippen LogP contribution in [0.15, 0.2) is 23.1 Å². The van der Waals surface area contributed by atoms with E-state index >= 15 is 0 Å². The van der Waals surface area contributed by atoms with Crippen molar-refractivity contribution >= 4 is 36.4 Å². The first-order chi connectivity index (χ1) is 12.5. The van der Waals surface area contributed by atoms with Crippen LogP contribution in [0.4, 0.5) is 11.5 Å². The van der Waals surface area contributed by atoms with Gasteiger partial charge in [-0.05, 0) is 43.4 Å². The summed E-state index contributed by atoms with van der Waals surface area (Å²) in [6, 6.07) is 4.18. The number of hydrogen-bond donors (Lipinski definition) is 0. The van der Waals surface area contributed by atoms with Crippen molar-refractivity contribution in [1.29, 1.82) is 0 Å². The number of fused-ring (bicyclic) bond motifs is 1. The van der Waals surface area contributed by atoms with Crippen molar-refractivity contribution in [2.24, 2.45) is 0 Å². The zero-order chi connectivity index (χ0) is 18.8. The van der Waals surface area contributed by atoms with Gasteiger partial charge >= 0.3 is 0 Å². The molecule has 0 amide bonds. The second kappa shape index (κ2) is 7.74. The highest BCUT2D eigenvalue weighted by atomic mass is 35.5. The normalized spacial score (nSPS) is 13.8. The molecular weight excluding hydrogens is 348 g/mol. The Labute approximate surface area is 160 Å². The lowest BCUT2D eigenvalue weighted by molar-refractivity contribution is 0.414. The number of ether oxygens (including phenoxy) is 1. The number of anilines is 2. The molecule has 0 fully saturated rings. The standard InChI is InChI=1S/C19H25BClN3O2/c1-4-13(5-2)24-11-16(21)22-18(19(24)25)23-8-6-7-12-9-14(26-3)10-15(20)17(12)23/h9-11,13H,4-8,20H2,1-3H3. The Bertz CT molecular complexity index is 865. The number of methoxy groups -OCH3 is 1. The molecule has 2 heterocycles. The molecule has 0 saturated carbocycles. The first kappa shape index (κ1) is 18.8. The van der Waals surface area contributed by atoms with Crippen LogP contribution >= 0.6 is 11.6 Å². The molecule has 0 atom stereocenters. The zero-order valence-corrected chi connectivity index (χ0v) is 16.6. The van der Waals surface area contributed by atoms with Crippen molar-refractivity contribution in [3.63, 3.8) is 0 Å². The van der Waals surface area contributed by atoms with Crippen molar-refractivity contribution < 1.29 is 4.74 Å². The minimum Gasteiger partial charge on any atom is -0.497 e. The van der Waals surface area contributed by atoms with Crippen LogP contribution in [0.25, 0.3) is 0 Å². The van der Waals surface area contributed by atoms with Gasteiger partial charge in [0.25, 0.3) is 5.56 Å². The van der Waals surface area contributed by atoms with Gasteiger partial charge in [-0.2, -0.15) is 0 Å². The van der Waals surface area contributed by atoms with E-state index in [9.17, 15) is 4.79 Å². The van der Waals surface area contributed by atoms with Gasteiger partial charge in [-0.15, -0.1) is 0 Å². The molecule has 2 aromatic rings. The lowest BCUT2D eigenvalue weighted by Gasteiger charge is -2.32. The summed E-state index contributed by atoms with van der Waals surface area (Å²) in [6.07, 6.45) is 5.34. The van der Waals surface area contributed by atoms with Gasteiger partial charge in [0.05, 0.1) is 7.11 Å². The van der Waals surface area contributed by atoms with Gasteiger partial charge in [-0.3, -0.25) is 4.79 Å². The molecule has 0 spiro atoms. The van der Waals surface area contributed by atoms with Crippen LogP contribution in [0.5, 0.6) is 5.75 Å². The van der Waals surface area contributed by atoms with Gasteiger partial charge in [0, 0.05) is 24.5 Å². The number of aryl methyl sites for hydroxylation is 1. The van der Waals surface area contributed by atoms with Crippen molar-refractivity contribution in [3.8, 4) is 5.75 Å². The van der Waals surface area contributed by atoms with Crippen LogP contribution in [0.2, 0.25) is 5.15 Å². The molecule has 5 nitrogen and oxygen atoms in total. The topological polar surface area (TPSA) is 47.4 Å². The maximum Gasteiger partial charge on any atom is 0.294 e. The summed E-state index contributed by atoms with van der Waals surface area (Å²) >= 11 is 6.30. The third-order valence-corrected chi connectivity index (χ3v) is 5.34. The molecule has 1 aliphatic rings. The summed E-state index contributed by atoms with van der Waals surface area (Å²) in [4.78, 5) is 19.6. The Hall–Kier alpha value is -1.95. The minimum absolute atomic E-state index is 0.0776. The van der Waals surface area contributed by atoms with Crippen molar-refractivity contribution in [2.75, 3.05) is 18.6 Å². The minimum atomic E-state index is -0.0776. The smallest absolute Gasteiger partial charge is 0.294 e. The first-order valence-electron chi connectivity index (χ1n) is 9.23. The van der Waals surface area contributed by atoms with E-state index in [2.05, 4.69) is 24.9 Å². The van der Waals surface area contributed by atoms with E-state index in [0.29, 0.717) is 11.0 Å². The molecule has 1 aromatic carbocycles. The van der Waals surface area contributed by atoms with Crippen molar-refractivity contribution in [3.05, 3.63) is 39.4 Å². The molecule has 0 radical (unpaired) electrons. The lowest BCUT2D eigenvalue weighted by atomic mass is 9.87. The molecule has 26 heavy (non-hydrogen) atoms. The van der Waals surface area contributed by atoms with Gasteiger partial charge in [-0.1, -0.05) is 30.9 Å². The van der Waals surface area contributed by atoms with Gasteiger partial charge in [-0.25, -0.2) is 4.98 Å². The summed E-state index contributed by atoms with van der Waals surface area (Å²) in [7, 11) is 3.72. The average molecular weight is 374 g/mol. The molecule has 0 aliphatic carbocycles. The van der Waals surface area contributed by atoms with E-state index < -0.39 is 0 Å². The first-order valence-corrected chi connectivity index (χ1v) is 9.61. The van der Waals surface area contributed by atoms with Crippen molar-refractivity contribution in [2.45, 2.75) is 45.6 Å². The van der Waals surface area contributed by atoms with Gasteiger partial charge in [0.1, 0.15) is 18.7 Å². The third kappa shape index (κ3) is 3.35. The van der Waals surface area contributed by atoms with Gasteiger partial charge in [0.2, 0.25) is 5.82 Å². The van der Waals surface area contributed by atoms with Crippen LogP contribution in [0, 0.1) is 0 Å². The molecule has 7 heteroatoms. The molecule has 138 valence electrons. The predicted octanol–water partition coefficient (Wildman–Crippen LogP) is 2.61. The summed E-state index contributed by atoms with van der Waals surface area (Å²) in [5.74, 6) is 1.26. The van der Waals surface area contributed by atoms with Crippen LogP contribution in [-0.4, -0.2) is 31.1 Å². The molecule has 0 unspecified atom stereocenters. The van der Waals surface area contributed by atoms with E-state index in [0.717, 1.165) is 49.1 Å². The number of halogens is 1. The van der Waals surface area contributed by atoms with Crippen LogP contribution < -0.4 is 20.7 Å². The molecule has 1 aromatic heterocycles. The summed E-state index contributed by atoms with van der Waals surface area (Å²) in [5.41, 5.74) is 3.24. The molecule has 0 saturated heterocycles. The Balaban J connectivity index is 2.16. The fraction of sp³-hybridized carbons (Fsp3) is 0.474. The Morgan fingerprint density at radius 3 is 2.73 bits per heavy atom. The van der Waals surface area contributed by atoms with Crippen LogP contribution in [0.1, 0.15) is 44.7 Å². The Kier molecular flexibility index (Phi) is 5.61. The van der Waals surface area contributed by atoms with Gasteiger partial charge in [0.15, 0.2) is 0 Å².